The van der Waals surface area contributed by atoms with Gasteiger partial charge in [0.2, 0.25) is 12.3 Å². The molecule has 5 aromatic rings. The second-order valence-electron chi connectivity index (χ2n) is 10.1. The maximum absolute atomic E-state index is 13.2. The Bertz CT molecular complexity index is 1780. The molecule has 186 valence electrons. The normalized spacial score (nSPS) is 13.4. The van der Waals surface area contributed by atoms with Crippen molar-refractivity contribution in [3.63, 3.8) is 0 Å². The van der Waals surface area contributed by atoms with Crippen LogP contribution in [0.3, 0.4) is 0 Å². The van der Waals surface area contributed by atoms with E-state index < -0.39 is 0 Å². The fourth-order valence-electron chi connectivity index (χ4n) is 6.22. The summed E-state index contributed by atoms with van der Waals surface area (Å²) in [6.45, 7) is 0.298. The molecule has 2 aliphatic carbocycles. The smallest absolute Gasteiger partial charge is 0.227 e. The van der Waals surface area contributed by atoms with Crippen LogP contribution in [0.1, 0.15) is 48.5 Å². The number of rotatable bonds is 6. The Kier molecular flexibility index (Phi) is 6.29. The summed E-state index contributed by atoms with van der Waals surface area (Å²) in [6.07, 6.45) is 11.2. The summed E-state index contributed by atoms with van der Waals surface area (Å²) < 4.78 is 1.91. The molecule has 7 rings (SSSR count). The lowest BCUT2D eigenvalue weighted by Gasteiger charge is -2.07. The van der Waals surface area contributed by atoms with Gasteiger partial charge >= 0.3 is 0 Å². The summed E-state index contributed by atoms with van der Waals surface area (Å²) in [4.78, 5) is 26.3. The van der Waals surface area contributed by atoms with Crippen LogP contribution in [-0.2, 0) is 32.2 Å². The fourth-order valence-corrected chi connectivity index (χ4v) is 6.22. The number of allylic oxidation sites excluding steroid dienone is 1. The molecular weight excluding hydrogens is 534 g/mol. The number of halogens is 1. The third-order valence-electron chi connectivity index (χ3n) is 8.00. The molecule has 0 saturated heterocycles. The summed E-state index contributed by atoms with van der Waals surface area (Å²) in [5.41, 5.74) is 7.63. The maximum atomic E-state index is 13.2. The monoisotopic (exact) mass is 559 g/mol. The molecule has 0 spiro atoms. The zero-order valence-electron chi connectivity index (χ0n) is 20.9. The highest BCUT2D eigenvalue weighted by Gasteiger charge is 2.23. The van der Waals surface area contributed by atoms with Crippen molar-refractivity contribution in [2.75, 3.05) is 0 Å². The molecule has 0 bridgehead atoms. The first-order chi connectivity index (χ1) is 18.2. The Balaban J connectivity index is 0.00000264. The van der Waals surface area contributed by atoms with E-state index in [0.29, 0.717) is 6.54 Å². The topological polar surface area (TPSA) is 38.0 Å². The summed E-state index contributed by atoms with van der Waals surface area (Å²) in [5, 5.41) is 4.96. The van der Waals surface area contributed by atoms with Crippen molar-refractivity contribution in [3.05, 3.63) is 130 Å². The van der Waals surface area contributed by atoms with Crippen LogP contribution < -0.4 is 21.5 Å². The molecule has 0 unspecified atom stereocenters. The van der Waals surface area contributed by atoms with Crippen LogP contribution in [0.5, 0.6) is 0 Å². The molecule has 2 aliphatic rings. The average Bonchev–Trinajstić information content (AvgIpc) is 3.56. The van der Waals surface area contributed by atoms with Crippen molar-refractivity contribution in [2.24, 2.45) is 0 Å². The van der Waals surface area contributed by atoms with Gasteiger partial charge in [0.15, 0.2) is 18.2 Å². The first kappa shape index (κ1) is 24.4. The molecule has 0 amide bonds. The number of nitrogens with zero attached hydrogens (tertiary/aromatic N) is 1. The van der Waals surface area contributed by atoms with Crippen LogP contribution in [0.2, 0.25) is 0 Å². The van der Waals surface area contributed by atoms with Gasteiger partial charge in [0.1, 0.15) is 0 Å². The summed E-state index contributed by atoms with van der Waals surface area (Å²) >= 11 is 0. The number of aryl methyl sites for hydroxylation is 4. The van der Waals surface area contributed by atoms with Crippen molar-refractivity contribution >= 4 is 39.2 Å². The van der Waals surface area contributed by atoms with E-state index in [4.69, 9.17) is 0 Å². The minimum atomic E-state index is 0. The highest BCUT2D eigenvalue weighted by molar-refractivity contribution is 6.11. The van der Waals surface area contributed by atoms with E-state index in [-0.39, 0.29) is 28.5 Å². The Morgan fingerprint density at radius 2 is 1.26 bits per heavy atom. The molecular formula is C34H26BrNO2. The van der Waals surface area contributed by atoms with E-state index in [1.54, 1.807) is 6.08 Å². The Morgan fingerprint density at radius 3 is 1.89 bits per heavy atom. The van der Waals surface area contributed by atoms with E-state index in [2.05, 4.69) is 48.5 Å². The Labute approximate surface area is 232 Å². The lowest BCUT2D eigenvalue weighted by Crippen LogP contribution is -3.00. The van der Waals surface area contributed by atoms with Crippen molar-refractivity contribution in [1.29, 1.82) is 0 Å². The zero-order valence-corrected chi connectivity index (χ0v) is 22.5. The number of hydrogen-bond acceptors (Lipinski definition) is 2. The standard InChI is InChI=1S/C34H26NO2.BrH/c36-31(27-12-8-23-3-1-5-25-10-14-29(27)33(23)25)16-7-22-17-19-35(20-18-22)21-32(37)28-13-9-24-4-2-6-26-11-15-30(28)34(24)26;/h1-9,12-13,16-20H,10-11,14-15,21H2;1H/q+1;/p-1/b16-7+;. The van der Waals surface area contributed by atoms with Gasteiger partial charge < -0.3 is 17.0 Å². The summed E-state index contributed by atoms with van der Waals surface area (Å²) in [7, 11) is 0. The Morgan fingerprint density at radius 1 is 0.684 bits per heavy atom. The molecule has 0 radical (unpaired) electrons. The summed E-state index contributed by atoms with van der Waals surface area (Å²) in [5.74, 6) is 0.167. The maximum Gasteiger partial charge on any atom is 0.227 e. The first-order valence-electron chi connectivity index (χ1n) is 13.0. The van der Waals surface area contributed by atoms with Crippen molar-refractivity contribution in [1.82, 2.24) is 0 Å². The highest BCUT2D eigenvalue weighted by atomic mass is 79.9. The second kappa shape index (κ2) is 9.77. The quantitative estimate of drug-likeness (QED) is 0.182. The van der Waals surface area contributed by atoms with E-state index in [9.17, 15) is 9.59 Å². The number of aromatic nitrogens is 1. The molecule has 0 N–H and O–H groups in total. The number of carbonyl (C=O) groups is 2. The lowest BCUT2D eigenvalue weighted by molar-refractivity contribution is -0.683. The zero-order chi connectivity index (χ0) is 24.9. The van der Waals surface area contributed by atoms with Gasteiger partial charge in [-0.15, -0.1) is 0 Å². The van der Waals surface area contributed by atoms with E-state index >= 15 is 0 Å². The van der Waals surface area contributed by atoms with Gasteiger partial charge in [0.25, 0.3) is 0 Å². The predicted octanol–water partition coefficient (Wildman–Crippen LogP) is 3.26. The molecule has 4 heteroatoms. The first-order valence-corrected chi connectivity index (χ1v) is 13.0. The van der Waals surface area contributed by atoms with Gasteiger partial charge in [-0.3, -0.25) is 9.59 Å². The van der Waals surface area contributed by atoms with Crippen molar-refractivity contribution < 1.29 is 31.1 Å². The van der Waals surface area contributed by atoms with Crippen LogP contribution in [-0.4, -0.2) is 11.6 Å². The second-order valence-corrected chi connectivity index (χ2v) is 10.1. The number of benzene rings is 4. The molecule has 3 nitrogen and oxygen atoms in total. The van der Waals surface area contributed by atoms with Gasteiger partial charge in [0.05, 0.1) is 0 Å². The largest absolute Gasteiger partial charge is 1.00 e. The van der Waals surface area contributed by atoms with E-state index in [0.717, 1.165) is 42.4 Å². The van der Waals surface area contributed by atoms with Crippen LogP contribution in [0.25, 0.3) is 27.6 Å². The fraction of sp³-hybridized carbons (Fsp3) is 0.147. The van der Waals surface area contributed by atoms with Gasteiger partial charge in [-0.25, -0.2) is 0 Å². The Hall–Kier alpha value is -3.89. The third kappa shape index (κ3) is 4.10. The molecule has 0 atom stereocenters. The van der Waals surface area contributed by atoms with E-state index in [1.807, 2.05) is 47.3 Å². The van der Waals surface area contributed by atoms with Crippen molar-refractivity contribution in [3.8, 4) is 0 Å². The number of Topliss-reactive ketones (excluding diaryl/α,β-unsaturated/α-hetero) is 1. The van der Waals surface area contributed by atoms with E-state index in [1.165, 1.54) is 43.8 Å². The molecule has 0 saturated carbocycles. The number of pyridine rings is 1. The number of hydrogen-bond donors (Lipinski definition) is 0. The SMILES string of the molecule is O=C(/C=C/c1cc[n+](CC(=O)c2ccc3cccc4c3c2CC4)cc1)c1ccc2cccc3c2c1CC3.[Br-]. The molecule has 0 aliphatic heterocycles. The van der Waals surface area contributed by atoms with Gasteiger partial charge in [0, 0.05) is 23.3 Å². The van der Waals surface area contributed by atoms with Gasteiger partial charge in [-0.1, -0.05) is 66.7 Å². The highest BCUT2D eigenvalue weighted by Crippen LogP contribution is 2.34. The van der Waals surface area contributed by atoms with Gasteiger partial charge in [-0.2, -0.15) is 4.57 Å². The van der Waals surface area contributed by atoms with Crippen molar-refractivity contribution in [2.45, 2.75) is 32.2 Å². The van der Waals surface area contributed by atoms with Crippen LogP contribution in [0, 0.1) is 0 Å². The van der Waals surface area contributed by atoms with Crippen LogP contribution in [0.15, 0.2) is 91.3 Å². The lowest BCUT2D eigenvalue weighted by atomic mass is 9.97. The molecule has 4 aromatic carbocycles. The molecule has 38 heavy (non-hydrogen) atoms. The third-order valence-corrected chi connectivity index (χ3v) is 8.00. The minimum Gasteiger partial charge on any atom is -1.00 e. The average molecular weight is 560 g/mol. The molecule has 1 heterocycles. The van der Waals surface area contributed by atoms with Gasteiger partial charge in [-0.05, 0) is 81.1 Å². The van der Waals surface area contributed by atoms with Crippen LogP contribution in [0.4, 0.5) is 0 Å². The number of ketones is 2. The molecule has 0 fully saturated rings. The molecule has 1 aromatic heterocycles. The minimum absolute atomic E-state index is 0. The van der Waals surface area contributed by atoms with Crippen LogP contribution >= 0.6 is 0 Å². The predicted molar refractivity (Wildman–Crippen MR) is 147 cm³/mol. The number of carbonyl (C=O) groups excluding carboxylic acids is 2. The summed E-state index contributed by atoms with van der Waals surface area (Å²) in [6, 6.07) is 24.7.